The second kappa shape index (κ2) is 4.25. The van der Waals surface area contributed by atoms with Gasteiger partial charge < -0.3 is 0 Å². The topological polar surface area (TPSA) is 54.9 Å². The van der Waals surface area contributed by atoms with Crippen molar-refractivity contribution in [1.29, 1.82) is 0 Å². The first kappa shape index (κ1) is 11.1. The number of benzene rings is 1. The second-order valence-corrected chi connectivity index (χ2v) is 4.64. The summed E-state index contributed by atoms with van der Waals surface area (Å²) >= 11 is 2.18. The Balaban J connectivity index is 2.74. The molecule has 2 rings (SSSR count). The van der Waals surface area contributed by atoms with Gasteiger partial charge in [0.1, 0.15) is 0 Å². The number of halogens is 1. The third kappa shape index (κ3) is 2.08. The summed E-state index contributed by atoms with van der Waals surface area (Å²) in [5, 5.41) is 0. The maximum absolute atomic E-state index is 11.7. The van der Waals surface area contributed by atoms with E-state index >= 15 is 0 Å². The van der Waals surface area contributed by atoms with Crippen LogP contribution in [-0.4, -0.2) is 9.55 Å². The molecule has 0 fully saturated rings. The minimum atomic E-state index is -0.410. The van der Waals surface area contributed by atoms with Crippen molar-refractivity contribution in [3.8, 4) is 5.69 Å². The molecule has 5 heteroatoms. The van der Waals surface area contributed by atoms with E-state index in [0.717, 1.165) is 9.26 Å². The molecule has 16 heavy (non-hydrogen) atoms. The summed E-state index contributed by atoms with van der Waals surface area (Å²) in [5.74, 6) is 0. The van der Waals surface area contributed by atoms with Crippen LogP contribution in [0.4, 0.5) is 0 Å². The van der Waals surface area contributed by atoms with Gasteiger partial charge in [0.15, 0.2) is 0 Å². The Labute approximate surface area is 105 Å². The van der Waals surface area contributed by atoms with Crippen molar-refractivity contribution in [2.45, 2.75) is 6.92 Å². The van der Waals surface area contributed by atoms with Gasteiger partial charge in [-0.15, -0.1) is 0 Å². The number of aromatic amines is 1. The summed E-state index contributed by atoms with van der Waals surface area (Å²) in [6.07, 6.45) is 0. The van der Waals surface area contributed by atoms with E-state index in [0.29, 0.717) is 5.69 Å². The van der Waals surface area contributed by atoms with Gasteiger partial charge >= 0.3 is 5.69 Å². The van der Waals surface area contributed by atoms with Crippen LogP contribution in [0, 0.1) is 10.5 Å². The highest BCUT2D eigenvalue weighted by Gasteiger charge is 2.04. The van der Waals surface area contributed by atoms with Gasteiger partial charge in [0, 0.05) is 15.3 Å². The van der Waals surface area contributed by atoms with Gasteiger partial charge in [-0.3, -0.25) is 14.3 Å². The minimum Gasteiger partial charge on any atom is -0.274 e. The Kier molecular flexibility index (Phi) is 2.95. The van der Waals surface area contributed by atoms with Gasteiger partial charge in [0.2, 0.25) is 0 Å². The molecule has 1 heterocycles. The predicted octanol–water partition coefficient (Wildman–Crippen LogP) is 1.44. The fourth-order valence-corrected chi connectivity index (χ4v) is 2.07. The quantitative estimate of drug-likeness (QED) is 0.806. The van der Waals surface area contributed by atoms with E-state index < -0.39 is 5.69 Å². The van der Waals surface area contributed by atoms with E-state index in [1.54, 1.807) is 6.92 Å². The van der Waals surface area contributed by atoms with Crippen LogP contribution in [0.3, 0.4) is 0 Å². The number of hydrogen-bond acceptors (Lipinski definition) is 2. The predicted molar refractivity (Wildman–Crippen MR) is 70.1 cm³/mol. The number of nitrogens with zero attached hydrogens (tertiary/aromatic N) is 1. The molecule has 0 radical (unpaired) electrons. The molecule has 0 aliphatic carbocycles. The van der Waals surface area contributed by atoms with Gasteiger partial charge in [0.05, 0.1) is 5.69 Å². The van der Waals surface area contributed by atoms with E-state index in [9.17, 15) is 9.59 Å². The average Bonchev–Trinajstić information content (AvgIpc) is 2.15. The van der Waals surface area contributed by atoms with Crippen LogP contribution in [0.25, 0.3) is 5.69 Å². The molecule has 0 amide bonds. The van der Waals surface area contributed by atoms with E-state index in [1.807, 2.05) is 24.3 Å². The molecule has 0 saturated heterocycles. The molecule has 1 N–H and O–H groups in total. The van der Waals surface area contributed by atoms with Gasteiger partial charge in [-0.25, -0.2) is 4.79 Å². The van der Waals surface area contributed by atoms with Crippen molar-refractivity contribution < 1.29 is 0 Å². The highest BCUT2D eigenvalue weighted by atomic mass is 127. The number of aryl methyl sites for hydroxylation is 1. The van der Waals surface area contributed by atoms with Gasteiger partial charge in [-0.05, 0) is 47.7 Å². The lowest BCUT2D eigenvalue weighted by molar-refractivity contribution is 0.856. The molecular weight excluding hydrogens is 319 g/mol. The summed E-state index contributed by atoms with van der Waals surface area (Å²) in [7, 11) is 0. The molecule has 2 aromatic rings. The third-order valence-electron chi connectivity index (χ3n) is 2.19. The van der Waals surface area contributed by atoms with Crippen LogP contribution in [0.15, 0.2) is 39.9 Å². The molecule has 0 bridgehead atoms. The standard InChI is InChI=1S/C11H9IN2O2/c1-7-5-10(15)13-11(16)14(7)9-4-2-3-8(12)6-9/h2-6H,1H3,(H,13,15,16). The highest BCUT2D eigenvalue weighted by Crippen LogP contribution is 2.11. The number of H-pyrrole nitrogens is 1. The zero-order chi connectivity index (χ0) is 11.7. The monoisotopic (exact) mass is 328 g/mol. The maximum atomic E-state index is 11.7. The van der Waals surface area contributed by atoms with Crippen molar-refractivity contribution in [2.75, 3.05) is 0 Å². The van der Waals surface area contributed by atoms with Crippen molar-refractivity contribution in [1.82, 2.24) is 9.55 Å². The van der Waals surface area contributed by atoms with Crippen LogP contribution < -0.4 is 11.2 Å². The van der Waals surface area contributed by atoms with Crippen LogP contribution in [0.1, 0.15) is 5.69 Å². The molecule has 4 nitrogen and oxygen atoms in total. The molecule has 0 atom stereocenters. The minimum absolute atomic E-state index is 0.371. The summed E-state index contributed by atoms with van der Waals surface area (Å²) in [4.78, 5) is 25.0. The van der Waals surface area contributed by atoms with Crippen LogP contribution >= 0.6 is 22.6 Å². The maximum Gasteiger partial charge on any atom is 0.333 e. The molecule has 1 aromatic carbocycles. The Morgan fingerprint density at radius 2 is 2.00 bits per heavy atom. The first-order valence-electron chi connectivity index (χ1n) is 4.67. The number of hydrogen-bond donors (Lipinski definition) is 1. The number of rotatable bonds is 1. The van der Waals surface area contributed by atoms with Crippen LogP contribution in [0.5, 0.6) is 0 Å². The van der Waals surface area contributed by atoms with E-state index in [-0.39, 0.29) is 5.56 Å². The zero-order valence-electron chi connectivity index (χ0n) is 8.53. The first-order chi connectivity index (χ1) is 7.58. The average molecular weight is 328 g/mol. The number of nitrogens with one attached hydrogen (secondary N) is 1. The first-order valence-corrected chi connectivity index (χ1v) is 5.75. The second-order valence-electron chi connectivity index (χ2n) is 3.40. The lowest BCUT2D eigenvalue weighted by Crippen LogP contribution is -2.29. The SMILES string of the molecule is Cc1cc(=O)[nH]c(=O)n1-c1cccc(I)c1. The van der Waals surface area contributed by atoms with Gasteiger partial charge in [0.25, 0.3) is 5.56 Å². The summed E-state index contributed by atoms with van der Waals surface area (Å²) in [5.41, 5.74) is 0.595. The van der Waals surface area contributed by atoms with Gasteiger partial charge in [-0.1, -0.05) is 6.07 Å². The fraction of sp³-hybridized carbons (Fsp3) is 0.0909. The molecule has 82 valence electrons. The van der Waals surface area contributed by atoms with Crippen molar-refractivity contribution in [2.24, 2.45) is 0 Å². The van der Waals surface area contributed by atoms with E-state index in [1.165, 1.54) is 10.6 Å². The molecule has 0 aliphatic rings. The lowest BCUT2D eigenvalue weighted by atomic mass is 10.3. The fourth-order valence-electron chi connectivity index (χ4n) is 1.55. The van der Waals surface area contributed by atoms with Crippen molar-refractivity contribution >= 4 is 22.6 Å². The lowest BCUT2D eigenvalue weighted by Gasteiger charge is -2.08. The third-order valence-corrected chi connectivity index (χ3v) is 2.86. The largest absolute Gasteiger partial charge is 0.333 e. The molecular formula is C11H9IN2O2. The molecule has 0 spiro atoms. The molecule has 0 unspecified atom stereocenters. The van der Waals surface area contributed by atoms with Crippen LogP contribution in [-0.2, 0) is 0 Å². The zero-order valence-corrected chi connectivity index (χ0v) is 10.7. The highest BCUT2D eigenvalue weighted by molar-refractivity contribution is 14.1. The Hall–Kier alpha value is -1.37. The smallest absolute Gasteiger partial charge is 0.274 e. The Morgan fingerprint density at radius 1 is 1.25 bits per heavy atom. The molecule has 0 saturated carbocycles. The summed E-state index contributed by atoms with van der Waals surface area (Å²) in [6.45, 7) is 1.73. The van der Waals surface area contributed by atoms with E-state index in [2.05, 4.69) is 27.6 Å². The van der Waals surface area contributed by atoms with Crippen LogP contribution in [0.2, 0.25) is 0 Å². The Bertz CT molecular complexity index is 643. The molecule has 1 aromatic heterocycles. The van der Waals surface area contributed by atoms with Crippen molar-refractivity contribution in [3.05, 3.63) is 60.4 Å². The van der Waals surface area contributed by atoms with E-state index in [4.69, 9.17) is 0 Å². The summed E-state index contributed by atoms with van der Waals surface area (Å²) in [6, 6.07) is 8.92. The summed E-state index contributed by atoms with van der Waals surface area (Å²) < 4.78 is 2.51. The van der Waals surface area contributed by atoms with Gasteiger partial charge in [-0.2, -0.15) is 0 Å². The Morgan fingerprint density at radius 3 is 2.62 bits per heavy atom. The number of aromatic nitrogens is 2. The normalized spacial score (nSPS) is 10.4. The molecule has 0 aliphatic heterocycles. The van der Waals surface area contributed by atoms with Crippen molar-refractivity contribution in [3.63, 3.8) is 0 Å².